The Morgan fingerprint density at radius 1 is 0.941 bits per heavy atom. The van der Waals surface area contributed by atoms with Gasteiger partial charge in [0.15, 0.2) is 6.29 Å². The molecule has 5 aromatic rings. The number of urea groups is 1. The molecule has 5 atom stereocenters. The number of aliphatic hydroxyl groups excluding tert-OH is 1. The number of thioether (sulfide) groups is 1. The summed E-state index contributed by atoms with van der Waals surface area (Å²) in [4.78, 5) is 25.6. The van der Waals surface area contributed by atoms with Crippen molar-refractivity contribution in [3.05, 3.63) is 125 Å². The molecule has 2 heterocycles. The Hall–Kier alpha value is -5.28. The standard InChI is InChI=1S/C37H38N6O7S/c1-23-32(22-51-37-40-41-42-43(37)29-15-17-30(45)18-16-29)49-35(50-33(23)26-13-11-25(21-44)12-14-26)27-9-6-10-28(20-27)38-36(47)39-31(34(46)48-2)19-24-7-4-3-5-8-24/h3-18,20,23,31-33,35,44-45H,19,21-22H2,1-2H3,(H2,38,39,47)/t23-,31-,32+,33+,35+/m0/s1. The van der Waals surface area contributed by atoms with Crippen LogP contribution in [0, 0.1) is 5.92 Å². The first kappa shape index (κ1) is 35.5. The van der Waals surface area contributed by atoms with Gasteiger partial charge in [-0.05, 0) is 63.5 Å². The number of tetrazole rings is 1. The number of amides is 2. The zero-order chi connectivity index (χ0) is 35.7. The van der Waals surface area contributed by atoms with Gasteiger partial charge in [0.05, 0.1) is 31.6 Å². The molecule has 1 aliphatic rings. The lowest BCUT2D eigenvalue weighted by atomic mass is 9.91. The molecule has 6 rings (SSSR count). The number of ether oxygens (including phenoxy) is 3. The van der Waals surface area contributed by atoms with Gasteiger partial charge in [-0.1, -0.05) is 85.4 Å². The number of carbonyl (C=O) groups excluding carboxylic acids is 2. The van der Waals surface area contributed by atoms with E-state index in [9.17, 15) is 19.8 Å². The molecule has 51 heavy (non-hydrogen) atoms. The van der Waals surface area contributed by atoms with E-state index in [1.54, 1.807) is 47.1 Å². The molecule has 4 N–H and O–H groups in total. The topological polar surface area (TPSA) is 170 Å². The quantitative estimate of drug-likeness (QED) is 0.0973. The van der Waals surface area contributed by atoms with Crippen LogP contribution < -0.4 is 10.6 Å². The maximum atomic E-state index is 13.1. The summed E-state index contributed by atoms with van der Waals surface area (Å²) in [6.45, 7) is 1.99. The van der Waals surface area contributed by atoms with Crippen molar-refractivity contribution >= 4 is 29.4 Å². The minimum Gasteiger partial charge on any atom is -0.508 e. The predicted octanol–water partition coefficient (Wildman–Crippen LogP) is 5.35. The largest absolute Gasteiger partial charge is 0.508 e. The first-order chi connectivity index (χ1) is 24.8. The van der Waals surface area contributed by atoms with Crippen LogP contribution in [0.5, 0.6) is 5.75 Å². The van der Waals surface area contributed by atoms with Gasteiger partial charge in [0.25, 0.3) is 0 Å². The lowest BCUT2D eigenvalue weighted by Gasteiger charge is -2.41. The van der Waals surface area contributed by atoms with E-state index in [4.69, 9.17) is 14.2 Å². The summed E-state index contributed by atoms with van der Waals surface area (Å²) in [6, 6.07) is 29.3. The van der Waals surface area contributed by atoms with Crippen LogP contribution in [0.25, 0.3) is 5.69 Å². The number of aromatic hydroxyl groups is 1. The summed E-state index contributed by atoms with van der Waals surface area (Å²) in [5, 5.41) is 37.6. The van der Waals surface area contributed by atoms with Crippen LogP contribution in [0.3, 0.4) is 0 Å². The van der Waals surface area contributed by atoms with E-state index in [0.717, 1.165) is 16.7 Å². The number of phenols is 1. The number of benzene rings is 4. The minimum atomic E-state index is -0.890. The number of methoxy groups -OCH3 is 1. The lowest BCUT2D eigenvalue weighted by molar-refractivity contribution is -0.268. The number of esters is 1. The fourth-order valence-corrected chi connectivity index (χ4v) is 6.82. The fraction of sp³-hybridized carbons (Fsp3) is 0.270. The number of hydrogen-bond donors (Lipinski definition) is 4. The van der Waals surface area contributed by atoms with Crippen molar-refractivity contribution in [1.82, 2.24) is 25.5 Å². The van der Waals surface area contributed by atoms with Gasteiger partial charge in [0.2, 0.25) is 5.16 Å². The molecule has 1 aliphatic heterocycles. The van der Waals surface area contributed by atoms with Gasteiger partial charge < -0.3 is 35.1 Å². The zero-order valence-corrected chi connectivity index (χ0v) is 28.8. The molecule has 1 saturated heterocycles. The lowest BCUT2D eigenvalue weighted by Crippen LogP contribution is -2.45. The van der Waals surface area contributed by atoms with Crippen LogP contribution in [0.2, 0.25) is 0 Å². The Morgan fingerprint density at radius 2 is 1.71 bits per heavy atom. The van der Waals surface area contributed by atoms with Crippen molar-refractivity contribution in [3.63, 3.8) is 0 Å². The van der Waals surface area contributed by atoms with E-state index in [1.165, 1.54) is 18.9 Å². The molecule has 0 bridgehead atoms. The van der Waals surface area contributed by atoms with Crippen LogP contribution in [-0.4, -0.2) is 67.4 Å². The van der Waals surface area contributed by atoms with Crippen molar-refractivity contribution in [3.8, 4) is 11.4 Å². The molecule has 13 nitrogen and oxygen atoms in total. The maximum absolute atomic E-state index is 13.1. The van der Waals surface area contributed by atoms with E-state index >= 15 is 0 Å². The average Bonchev–Trinajstić information content (AvgIpc) is 3.63. The van der Waals surface area contributed by atoms with Crippen LogP contribution in [0.15, 0.2) is 108 Å². The molecule has 0 saturated carbocycles. The van der Waals surface area contributed by atoms with Crippen molar-refractivity contribution in [2.75, 3.05) is 18.2 Å². The minimum absolute atomic E-state index is 0.0674. The second-order valence-electron chi connectivity index (χ2n) is 12.0. The average molecular weight is 711 g/mol. The molecule has 0 unspecified atom stereocenters. The summed E-state index contributed by atoms with van der Waals surface area (Å²) in [6.07, 6.45) is -1.22. The first-order valence-corrected chi connectivity index (χ1v) is 17.3. The van der Waals surface area contributed by atoms with Crippen molar-refractivity contribution in [2.24, 2.45) is 5.92 Å². The SMILES string of the molecule is COC(=O)[C@H](Cc1ccccc1)NC(=O)Nc1cccc([C@@H]2O[C@H](CSc3nnnn3-c3ccc(O)cc3)[C@H](C)[C@H](c3ccc(CO)cc3)O2)c1. The second kappa shape index (κ2) is 16.6. The molecule has 1 fully saturated rings. The van der Waals surface area contributed by atoms with Crippen LogP contribution >= 0.6 is 11.8 Å². The Balaban J connectivity index is 1.20. The van der Waals surface area contributed by atoms with Gasteiger partial charge in [0.1, 0.15) is 11.8 Å². The Bertz CT molecular complexity index is 1910. The predicted molar refractivity (Wildman–Crippen MR) is 189 cm³/mol. The van der Waals surface area contributed by atoms with E-state index in [-0.39, 0.29) is 36.9 Å². The Kier molecular flexibility index (Phi) is 11.6. The first-order valence-electron chi connectivity index (χ1n) is 16.3. The van der Waals surface area contributed by atoms with Gasteiger partial charge in [-0.3, -0.25) is 0 Å². The third kappa shape index (κ3) is 8.91. The Labute approximate surface area is 298 Å². The summed E-state index contributed by atoms with van der Waals surface area (Å²) in [7, 11) is 1.28. The van der Waals surface area contributed by atoms with Gasteiger partial charge in [-0.2, -0.15) is 4.68 Å². The third-order valence-corrected chi connectivity index (χ3v) is 9.53. The van der Waals surface area contributed by atoms with Crippen molar-refractivity contribution in [2.45, 2.75) is 49.6 Å². The van der Waals surface area contributed by atoms with Gasteiger partial charge >= 0.3 is 12.0 Å². The van der Waals surface area contributed by atoms with Crippen LogP contribution in [-0.2, 0) is 32.0 Å². The number of anilines is 1. The third-order valence-electron chi connectivity index (χ3n) is 8.53. The highest BCUT2D eigenvalue weighted by Crippen LogP contribution is 2.43. The van der Waals surface area contributed by atoms with Crippen LogP contribution in [0.1, 0.15) is 41.6 Å². The van der Waals surface area contributed by atoms with E-state index in [0.29, 0.717) is 27.8 Å². The highest BCUT2D eigenvalue weighted by atomic mass is 32.2. The molecule has 264 valence electrons. The smallest absolute Gasteiger partial charge is 0.328 e. The highest BCUT2D eigenvalue weighted by molar-refractivity contribution is 7.99. The summed E-state index contributed by atoms with van der Waals surface area (Å²) in [5.41, 5.74) is 4.45. The summed E-state index contributed by atoms with van der Waals surface area (Å²) in [5.74, 6) is -0.0250. The fourth-order valence-electron chi connectivity index (χ4n) is 5.77. The Morgan fingerprint density at radius 3 is 2.43 bits per heavy atom. The number of aliphatic hydroxyl groups is 1. The number of aromatic nitrogens is 4. The van der Waals surface area contributed by atoms with Gasteiger partial charge in [-0.25, -0.2) is 9.59 Å². The maximum Gasteiger partial charge on any atom is 0.328 e. The van der Waals surface area contributed by atoms with E-state index in [2.05, 4.69) is 33.1 Å². The van der Waals surface area contributed by atoms with Crippen LogP contribution in [0.4, 0.5) is 10.5 Å². The molecular weight excluding hydrogens is 673 g/mol. The summed E-state index contributed by atoms with van der Waals surface area (Å²) >= 11 is 1.43. The van der Waals surface area contributed by atoms with E-state index in [1.807, 2.05) is 60.7 Å². The number of rotatable bonds is 12. The molecule has 0 radical (unpaired) electrons. The van der Waals surface area contributed by atoms with Crippen molar-refractivity contribution < 1.29 is 34.0 Å². The molecule has 2 amide bonds. The number of phenolic OH excluding ortho intramolecular Hbond substituents is 1. The number of nitrogens with one attached hydrogen (secondary N) is 2. The number of nitrogens with zero attached hydrogens (tertiary/aromatic N) is 4. The number of hydrogen-bond acceptors (Lipinski definition) is 11. The summed E-state index contributed by atoms with van der Waals surface area (Å²) < 4.78 is 19.7. The van der Waals surface area contributed by atoms with E-state index < -0.39 is 24.3 Å². The normalized spacial score (nSPS) is 19.2. The zero-order valence-electron chi connectivity index (χ0n) is 28.0. The molecule has 0 spiro atoms. The second-order valence-corrected chi connectivity index (χ2v) is 13.0. The molecule has 4 aromatic carbocycles. The molecule has 1 aromatic heterocycles. The monoisotopic (exact) mass is 710 g/mol. The molecule has 14 heteroatoms. The molecule has 0 aliphatic carbocycles. The van der Waals surface area contributed by atoms with Gasteiger partial charge in [-0.15, -0.1) is 5.10 Å². The number of carbonyl (C=O) groups is 2. The molecular formula is C37H38N6O7S. The highest BCUT2D eigenvalue weighted by Gasteiger charge is 2.39. The van der Waals surface area contributed by atoms with Crippen molar-refractivity contribution in [1.29, 1.82) is 0 Å². The van der Waals surface area contributed by atoms with Gasteiger partial charge in [0, 0.05) is 29.3 Å².